The van der Waals surface area contributed by atoms with E-state index in [1.807, 2.05) is 0 Å². The number of alkyl halides is 3. The van der Waals surface area contributed by atoms with E-state index in [0.717, 1.165) is 19.2 Å². The van der Waals surface area contributed by atoms with Crippen LogP contribution in [0.25, 0.3) is 0 Å². The van der Waals surface area contributed by atoms with Gasteiger partial charge < -0.3 is 10.2 Å². The predicted molar refractivity (Wildman–Crippen MR) is 92.2 cm³/mol. The molecule has 0 unspecified atom stereocenters. The van der Waals surface area contributed by atoms with Crippen LogP contribution in [0.5, 0.6) is 0 Å². The number of likely N-dealkylation sites (N-methyl/N-ethyl adjacent to an activating group) is 1. The number of halogens is 5. The Kier molecular flexibility index (Phi) is 7.98. The van der Waals surface area contributed by atoms with Crippen LogP contribution in [-0.2, 0) is 17.5 Å². The largest absolute Gasteiger partial charge is 0.416 e. The SMILES string of the molecule is CN(CC(=O)N1CCNCC1)Cc1ccc(Br)cc1C(F)(F)F.Cl. The summed E-state index contributed by atoms with van der Waals surface area (Å²) in [6, 6.07) is 4.09. The lowest BCUT2D eigenvalue weighted by molar-refractivity contribution is -0.138. The van der Waals surface area contributed by atoms with Gasteiger partial charge in [-0.15, -0.1) is 12.4 Å². The van der Waals surface area contributed by atoms with E-state index in [1.54, 1.807) is 22.9 Å². The van der Waals surface area contributed by atoms with Crippen LogP contribution in [0.2, 0.25) is 0 Å². The maximum atomic E-state index is 13.1. The van der Waals surface area contributed by atoms with Crippen LogP contribution in [0.15, 0.2) is 22.7 Å². The summed E-state index contributed by atoms with van der Waals surface area (Å²) in [4.78, 5) is 15.5. The number of benzene rings is 1. The number of rotatable bonds is 4. The van der Waals surface area contributed by atoms with Crippen molar-refractivity contribution < 1.29 is 18.0 Å². The van der Waals surface area contributed by atoms with Crippen molar-refractivity contribution in [1.82, 2.24) is 15.1 Å². The van der Waals surface area contributed by atoms with E-state index in [9.17, 15) is 18.0 Å². The Morgan fingerprint density at radius 1 is 1.33 bits per heavy atom. The third-order valence-corrected chi connectivity index (χ3v) is 4.19. The van der Waals surface area contributed by atoms with Crippen molar-refractivity contribution in [1.29, 1.82) is 0 Å². The summed E-state index contributed by atoms with van der Waals surface area (Å²) < 4.78 is 39.7. The van der Waals surface area contributed by atoms with Gasteiger partial charge in [-0.1, -0.05) is 22.0 Å². The Labute approximate surface area is 153 Å². The Hall–Kier alpha value is -0.830. The zero-order chi connectivity index (χ0) is 17.0. The molecule has 4 nitrogen and oxygen atoms in total. The van der Waals surface area contributed by atoms with Crippen LogP contribution in [-0.4, -0.2) is 55.5 Å². The van der Waals surface area contributed by atoms with Crippen molar-refractivity contribution >= 4 is 34.2 Å². The molecule has 0 aromatic heterocycles. The first-order chi connectivity index (χ1) is 10.8. The molecule has 9 heteroatoms. The fourth-order valence-corrected chi connectivity index (χ4v) is 2.90. The number of carbonyl (C=O) groups is 1. The summed E-state index contributed by atoms with van der Waals surface area (Å²) in [5, 5.41) is 3.16. The quantitative estimate of drug-likeness (QED) is 0.798. The molecule has 1 heterocycles. The van der Waals surface area contributed by atoms with Gasteiger partial charge in [-0.2, -0.15) is 13.2 Å². The molecule has 0 spiro atoms. The third-order valence-electron chi connectivity index (χ3n) is 3.69. The Bertz CT molecular complexity index is 565. The predicted octanol–water partition coefficient (Wildman–Crippen LogP) is 2.75. The van der Waals surface area contributed by atoms with Crippen LogP contribution >= 0.6 is 28.3 Å². The number of piperazine rings is 1. The second-order valence-corrected chi connectivity index (χ2v) is 6.52. The third kappa shape index (κ3) is 5.91. The molecule has 1 aromatic carbocycles. The average molecular weight is 431 g/mol. The Balaban J connectivity index is 0.00000288. The van der Waals surface area contributed by atoms with E-state index in [0.29, 0.717) is 17.6 Å². The van der Waals surface area contributed by atoms with Gasteiger partial charge in [0.15, 0.2) is 0 Å². The number of nitrogens with zero attached hydrogens (tertiary/aromatic N) is 2. The highest BCUT2D eigenvalue weighted by Crippen LogP contribution is 2.34. The molecule has 1 N–H and O–H groups in total. The van der Waals surface area contributed by atoms with Gasteiger partial charge in [0.2, 0.25) is 5.91 Å². The summed E-state index contributed by atoms with van der Waals surface area (Å²) in [6.07, 6.45) is -4.41. The highest BCUT2D eigenvalue weighted by atomic mass is 79.9. The Morgan fingerprint density at radius 3 is 2.54 bits per heavy atom. The fourth-order valence-electron chi connectivity index (χ4n) is 2.54. The molecule has 1 aliphatic heterocycles. The maximum absolute atomic E-state index is 13.1. The van der Waals surface area contributed by atoms with E-state index < -0.39 is 11.7 Å². The molecule has 0 atom stereocenters. The topological polar surface area (TPSA) is 35.6 Å². The van der Waals surface area contributed by atoms with Gasteiger partial charge in [-0.25, -0.2) is 0 Å². The van der Waals surface area contributed by atoms with Crippen molar-refractivity contribution in [3.05, 3.63) is 33.8 Å². The zero-order valence-corrected chi connectivity index (χ0v) is 15.6. The van der Waals surface area contributed by atoms with E-state index in [4.69, 9.17) is 0 Å². The molecule has 1 saturated heterocycles. The van der Waals surface area contributed by atoms with Crippen molar-refractivity contribution in [2.45, 2.75) is 12.7 Å². The van der Waals surface area contributed by atoms with Crippen molar-refractivity contribution in [3.8, 4) is 0 Å². The zero-order valence-electron chi connectivity index (χ0n) is 13.2. The summed E-state index contributed by atoms with van der Waals surface area (Å²) in [7, 11) is 1.66. The minimum Gasteiger partial charge on any atom is -0.339 e. The van der Waals surface area contributed by atoms with Gasteiger partial charge in [0.1, 0.15) is 0 Å². The molecule has 0 radical (unpaired) electrons. The molecule has 2 rings (SSSR count). The lowest BCUT2D eigenvalue weighted by atomic mass is 10.1. The molecule has 0 bridgehead atoms. The minimum atomic E-state index is -4.41. The normalized spacial score (nSPS) is 15.3. The first-order valence-corrected chi connectivity index (χ1v) is 8.09. The molecular weight excluding hydrogens is 411 g/mol. The first-order valence-electron chi connectivity index (χ1n) is 7.30. The smallest absolute Gasteiger partial charge is 0.339 e. The first kappa shape index (κ1) is 21.2. The van der Waals surface area contributed by atoms with Crippen molar-refractivity contribution in [2.24, 2.45) is 0 Å². The van der Waals surface area contributed by atoms with Crippen LogP contribution in [0, 0.1) is 0 Å². The van der Waals surface area contributed by atoms with Gasteiger partial charge in [0.25, 0.3) is 0 Å². The van der Waals surface area contributed by atoms with E-state index in [-0.39, 0.29) is 37.0 Å². The standard InChI is InChI=1S/C15H19BrF3N3O.ClH/c1-21(10-14(23)22-6-4-20-5-7-22)9-11-2-3-12(16)8-13(11)15(17,18)19;/h2-3,8,20H,4-7,9-10H2,1H3;1H. The highest BCUT2D eigenvalue weighted by Gasteiger charge is 2.33. The van der Waals surface area contributed by atoms with E-state index >= 15 is 0 Å². The number of nitrogens with one attached hydrogen (secondary N) is 1. The van der Waals surface area contributed by atoms with Crippen molar-refractivity contribution in [3.63, 3.8) is 0 Å². The molecule has 1 aromatic rings. The van der Waals surface area contributed by atoms with Gasteiger partial charge in [0.05, 0.1) is 12.1 Å². The molecule has 24 heavy (non-hydrogen) atoms. The van der Waals surface area contributed by atoms with Crippen LogP contribution in [0.4, 0.5) is 13.2 Å². The summed E-state index contributed by atoms with van der Waals surface area (Å²) in [5.74, 6) is -0.0559. The number of carbonyl (C=O) groups excluding carboxylic acids is 1. The van der Waals surface area contributed by atoms with E-state index in [2.05, 4.69) is 21.2 Å². The number of hydrogen-bond donors (Lipinski definition) is 1. The minimum absolute atomic E-state index is 0. The molecule has 0 saturated carbocycles. The lowest BCUT2D eigenvalue weighted by Gasteiger charge is -2.29. The van der Waals surface area contributed by atoms with Gasteiger partial charge in [0, 0.05) is 37.2 Å². The van der Waals surface area contributed by atoms with Gasteiger partial charge >= 0.3 is 6.18 Å². The number of hydrogen-bond acceptors (Lipinski definition) is 3. The lowest BCUT2D eigenvalue weighted by Crippen LogP contribution is -2.49. The number of amides is 1. The highest BCUT2D eigenvalue weighted by molar-refractivity contribution is 9.10. The summed E-state index contributed by atoms with van der Waals surface area (Å²) in [5.41, 5.74) is -0.510. The molecule has 1 amide bonds. The summed E-state index contributed by atoms with van der Waals surface area (Å²) in [6.45, 7) is 2.95. The molecule has 136 valence electrons. The summed E-state index contributed by atoms with van der Waals surface area (Å²) >= 11 is 3.07. The van der Waals surface area contributed by atoms with Crippen molar-refractivity contribution in [2.75, 3.05) is 39.8 Å². The van der Waals surface area contributed by atoms with Crippen LogP contribution in [0.1, 0.15) is 11.1 Å². The van der Waals surface area contributed by atoms with Gasteiger partial charge in [-0.05, 0) is 24.7 Å². The van der Waals surface area contributed by atoms with Crippen LogP contribution in [0.3, 0.4) is 0 Å². The molecular formula is C15H20BrClF3N3O. The maximum Gasteiger partial charge on any atom is 0.416 e. The fraction of sp³-hybridized carbons (Fsp3) is 0.533. The van der Waals surface area contributed by atoms with E-state index in [1.165, 1.54) is 6.07 Å². The second-order valence-electron chi connectivity index (χ2n) is 5.60. The monoisotopic (exact) mass is 429 g/mol. The average Bonchev–Trinajstić information content (AvgIpc) is 2.49. The Morgan fingerprint density at radius 2 is 1.96 bits per heavy atom. The molecule has 1 fully saturated rings. The van der Waals surface area contributed by atoms with Crippen LogP contribution < -0.4 is 5.32 Å². The molecule has 1 aliphatic rings. The molecule has 0 aliphatic carbocycles. The second kappa shape index (κ2) is 9.03. The van der Waals surface area contributed by atoms with Gasteiger partial charge in [-0.3, -0.25) is 9.69 Å².